The summed E-state index contributed by atoms with van der Waals surface area (Å²) in [4.78, 5) is 16.7. The second kappa shape index (κ2) is 6.21. The van der Waals surface area contributed by atoms with E-state index in [4.69, 9.17) is 0 Å². The Morgan fingerprint density at radius 2 is 1.72 bits per heavy atom. The number of guanidine groups is 1. The monoisotopic (exact) mass is 253 g/mol. The normalized spacial score (nSPS) is 20.6. The summed E-state index contributed by atoms with van der Waals surface area (Å²) in [7, 11) is 0. The minimum Gasteiger partial charge on any atom is -0.342 e. The molecule has 1 aliphatic rings. The second-order valence-electron chi connectivity index (χ2n) is 6.09. The van der Waals surface area contributed by atoms with Crippen LogP contribution in [0.4, 0.5) is 0 Å². The summed E-state index contributed by atoms with van der Waals surface area (Å²) in [6.07, 6.45) is 2.69. The zero-order valence-corrected chi connectivity index (χ0v) is 12.3. The molecule has 104 valence electrons. The van der Waals surface area contributed by atoms with Gasteiger partial charge in [-0.1, -0.05) is 34.6 Å². The number of nitrogens with one attached hydrogen (secondary N) is 2. The first kappa shape index (κ1) is 15.0. The highest BCUT2D eigenvalue weighted by Gasteiger charge is 2.45. The van der Waals surface area contributed by atoms with Gasteiger partial charge in [-0.05, 0) is 31.1 Å². The van der Waals surface area contributed by atoms with Crippen molar-refractivity contribution in [2.75, 3.05) is 6.54 Å². The Morgan fingerprint density at radius 1 is 1.17 bits per heavy atom. The van der Waals surface area contributed by atoms with E-state index in [1.54, 1.807) is 0 Å². The molecule has 0 atom stereocenters. The molecule has 4 nitrogen and oxygen atoms in total. The summed E-state index contributed by atoms with van der Waals surface area (Å²) >= 11 is 0. The van der Waals surface area contributed by atoms with Crippen LogP contribution in [0, 0.1) is 11.8 Å². The van der Waals surface area contributed by atoms with E-state index in [0.29, 0.717) is 17.8 Å². The largest absolute Gasteiger partial charge is 0.342 e. The fourth-order valence-electron chi connectivity index (χ4n) is 2.61. The van der Waals surface area contributed by atoms with Gasteiger partial charge in [-0.2, -0.15) is 0 Å². The first-order chi connectivity index (χ1) is 8.39. The van der Waals surface area contributed by atoms with Gasteiger partial charge in [-0.25, -0.2) is 0 Å². The van der Waals surface area contributed by atoms with Crippen LogP contribution in [0.5, 0.6) is 0 Å². The molecule has 1 aliphatic heterocycles. The molecule has 0 aromatic carbocycles. The van der Waals surface area contributed by atoms with Crippen LogP contribution in [-0.4, -0.2) is 24.0 Å². The maximum absolute atomic E-state index is 12.3. The van der Waals surface area contributed by atoms with E-state index in [2.05, 4.69) is 50.2 Å². The number of hydrogen-bond donors (Lipinski definition) is 2. The lowest BCUT2D eigenvalue weighted by Crippen LogP contribution is -2.49. The number of rotatable bonds is 6. The van der Waals surface area contributed by atoms with Gasteiger partial charge in [-0.15, -0.1) is 0 Å². The zero-order valence-electron chi connectivity index (χ0n) is 12.3. The Balaban J connectivity index is 2.86. The third-order valence-corrected chi connectivity index (χ3v) is 3.03. The van der Waals surface area contributed by atoms with E-state index in [1.165, 1.54) is 0 Å². The van der Waals surface area contributed by atoms with E-state index in [9.17, 15) is 4.79 Å². The molecule has 0 aromatic rings. The predicted octanol–water partition coefficient (Wildman–Crippen LogP) is 2.30. The van der Waals surface area contributed by atoms with E-state index >= 15 is 0 Å². The Kier molecular flexibility index (Phi) is 5.17. The quantitative estimate of drug-likeness (QED) is 0.763. The average molecular weight is 253 g/mol. The number of carbonyl (C=O) groups is 1. The second-order valence-corrected chi connectivity index (χ2v) is 6.09. The number of amides is 1. The maximum atomic E-state index is 12.3. The first-order valence-corrected chi connectivity index (χ1v) is 7.03. The van der Waals surface area contributed by atoms with Gasteiger partial charge in [0.2, 0.25) is 0 Å². The van der Waals surface area contributed by atoms with Gasteiger partial charge in [0.15, 0.2) is 5.96 Å². The molecule has 0 aliphatic carbocycles. The van der Waals surface area contributed by atoms with Crippen LogP contribution >= 0.6 is 0 Å². The van der Waals surface area contributed by atoms with Gasteiger partial charge in [0.05, 0.1) is 0 Å². The first-order valence-electron chi connectivity index (χ1n) is 7.03. The Morgan fingerprint density at radius 3 is 2.17 bits per heavy atom. The predicted molar refractivity (Wildman–Crippen MR) is 75.5 cm³/mol. The minimum atomic E-state index is -0.463. The lowest BCUT2D eigenvalue weighted by atomic mass is 9.82. The molecule has 1 heterocycles. The maximum Gasteiger partial charge on any atom is 0.252 e. The number of hydrogen-bond acceptors (Lipinski definition) is 2. The fourth-order valence-corrected chi connectivity index (χ4v) is 2.61. The van der Waals surface area contributed by atoms with E-state index < -0.39 is 5.54 Å². The van der Waals surface area contributed by atoms with E-state index in [1.807, 2.05) is 0 Å². The molecule has 1 rings (SSSR count). The molecule has 0 bridgehead atoms. The highest BCUT2D eigenvalue weighted by Crippen LogP contribution is 2.27. The summed E-state index contributed by atoms with van der Waals surface area (Å²) in [5, 5.41) is 6.23. The van der Waals surface area contributed by atoms with Crippen LogP contribution in [0.15, 0.2) is 4.99 Å². The molecule has 1 saturated heterocycles. The van der Waals surface area contributed by atoms with Crippen molar-refractivity contribution in [2.45, 2.75) is 59.4 Å². The van der Waals surface area contributed by atoms with E-state index in [-0.39, 0.29) is 5.91 Å². The van der Waals surface area contributed by atoms with Crippen molar-refractivity contribution in [3.8, 4) is 0 Å². The summed E-state index contributed by atoms with van der Waals surface area (Å²) in [5.41, 5.74) is -0.463. The molecule has 0 saturated carbocycles. The molecule has 1 amide bonds. The summed E-state index contributed by atoms with van der Waals surface area (Å²) < 4.78 is 0. The smallest absolute Gasteiger partial charge is 0.252 e. The van der Waals surface area contributed by atoms with Crippen molar-refractivity contribution in [2.24, 2.45) is 16.8 Å². The molecular formula is C14H27N3O. The standard InChI is InChI=1S/C14H27N3O/c1-6-7-15-13-16-12(18)14(17-13,8-10(2)3)9-11(4)5/h10-11H,6-9H2,1-5H3,(H2,15,16,17,18). The van der Waals surface area contributed by atoms with Crippen molar-refractivity contribution >= 4 is 11.9 Å². The van der Waals surface area contributed by atoms with Crippen LogP contribution in [0.1, 0.15) is 53.9 Å². The molecular weight excluding hydrogens is 226 g/mol. The van der Waals surface area contributed by atoms with Gasteiger partial charge in [0.25, 0.3) is 5.91 Å². The van der Waals surface area contributed by atoms with Crippen LogP contribution < -0.4 is 10.6 Å². The summed E-state index contributed by atoms with van der Waals surface area (Å²) in [5.74, 6) is 1.70. The molecule has 0 radical (unpaired) electrons. The van der Waals surface area contributed by atoms with Crippen LogP contribution in [0.2, 0.25) is 0 Å². The van der Waals surface area contributed by atoms with Crippen LogP contribution in [-0.2, 0) is 4.79 Å². The molecule has 0 aromatic heterocycles. The molecule has 1 fully saturated rings. The summed E-state index contributed by atoms with van der Waals surface area (Å²) in [6, 6.07) is 0. The Hall–Kier alpha value is -1.06. The number of carbonyl (C=O) groups excluding carboxylic acids is 1. The molecule has 0 unspecified atom stereocenters. The van der Waals surface area contributed by atoms with Crippen LogP contribution in [0.3, 0.4) is 0 Å². The topological polar surface area (TPSA) is 53.5 Å². The van der Waals surface area contributed by atoms with Gasteiger partial charge < -0.3 is 5.32 Å². The average Bonchev–Trinajstić information content (AvgIpc) is 2.50. The number of nitrogens with zero attached hydrogens (tertiary/aromatic N) is 1. The third-order valence-electron chi connectivity index (χ3n) is 3.03. The highest BCUT2D eigenvalue weighted by molar-refractivity contribution is 6.09. The minimum absolute atomic E-state index is 0.0831. The lowest BCUT2D eigenvalue weighted by molar-refractivity contribution is -0.125. The van der Waals surface area contributed by atoms with Crippen molar-refractivity contribution in [1.29, 1.82) is 0 Å². The Bertz CT molecular complexity index is 311. The van der Waals surface area contributed by atoms with Crippen molar-refractivity contribution in [3.63, 3.8) is 0 Å². The van der Waals surface area contributed by atoms with Crippen molar-refractivity contribution in [1.82, 2.24) is 10.6 Å². The van der Waals surface area contributed by atoms with Gasteiger partial charge in [0, 0.05) is 6.54 Å². The van der Waals surface area contributed by atoms with Gasteiger partial charge in [0.1, 0.15) is 5.54 Å². The fraction of sp³-hybridized carbons (Fsp3) is 0.857. The van der Waals surface area contributed by atoms with Crippen molar-refractivity contribution < 1.29 is 4.79 Å². The highest BCUT2D eigenvalue weighted by atomic mass is 16.2. The summed E-state index contributed by atoms with van der Waals surface area (Å²) in [6.45, 7) is 11.4. The Labute approximate surface area is 111 Å². The van der Waals surface area contributed by atoms with Gasteiger partial charge >= 0.3 is 0 Å². The van der Waals surface area contributed by atoms with E-state index in [0.717, 1.165) is 25.8 Å². The molecule has 4 heteroatoms. The molecule has 0 spiro atoms. The molecule has 18 heavy (non-hydrogen) atoms. The van der Waals surface area contributed by atoms with Gasteiger partial charge in [-0.3, -0.25) is 15.1 Å². The van der Waals surface area contributed by atoms with Crippen molar-refractivity contribution in [3.05, 3.63) is 0 Å². The SMILES string of the molecule is CCCN=C1NC(=O)C(CC(C)C)(CC(C)C)N1. The zero-order chi connectivity index (χ0) is 13.8. The third kappa shape index (κ3) is 3.72. The molecule has 2 N–H and O–H groups in total. The number of aliphatic imine (C=N–C) groups is 1. The van der Waals surface area contributed by atoms with Crippen LogP contribution in [0.25, 0.3) is 0 Å². The lowest BCUT2D eigenvalue weighted by Gasteiger charge is -2.30.